The second kappa shape index (κ2) is 8.67. The van der Waals surface area contributed by atoms with Gasteiger partial charge in [0.2, 0.25) is 0 Å². The lowest BCUT2D eigenvalue weighted by molar-refractivity contribution is 0.248. The lowest BCUT2D eigenvalue weighted by Gasteiger charge is -2.19. The summed E-state index contributed by atoms with van der Waals surface area (Å²) in [7, 11) is 0. The number of urea groups is 1. The predicted molar refractivity (Wildman–Crippen MR) is 108 cm³/mol. The lowest BCUT2D eigenvalue weighted by atomic mass is 10.0. The molecule has 24 heavy (non-hydrogen) atoms. The van der Waals surface area contributed by atoms with Gasteiger partial charge >= 0.3 is 6.03 Å². The van der Waals surface area contributed by atoms with Gasteiger partial charge in [-0.3, -0.25) is 0 Å². The summed E-state index contributed by atoms with van der Waals surface area (Å²) in [6.07, 6.45) is 0.825. The highest BCUT2D eigenvalue weighted by Crippen LogP contribution is 2.34. The Morgan fingerprint density at radius 3 is 2.12 bits per heavy atom. The van der Waals surface area contributed by atoms with Crippen molar-refractivity contribution in [2.24, 2.45) is 0 Å². The molecule has 0 aromatic heterocycles. The van der Waals surface area contributed by atoms with Gasteiger partial charge < -0.3 is 10.6 Å². The van der Waals surface area contributed by atoms with Crippen LogP contribution in [0, 0.1) is 0 Å². The van der Waals surface area contributed by atoms with E-state index in [-0.39, 0.29) is 12.1 Å². The zero-order valence-corrected chi connectivity index (χ0v) is 17.2. The van der Waals surface area contributed by atoms with Crippen molar-refractivity contribution in [3.05, 3.63) is 62.5 Å². The van der Waals surface area contributed by atoms with Crippen molar-refractivity contribution in [1.29, 1.82) is 0 Å². The van der Waals surface area contributed by atoms with E-state index in [9.17, 15) is 4.79 Å². The molecule has 0 fully saturated rings. The van der Waals surface area contributed by atoms with Gasteiger partial charge in [-0.05, 0) is 67.5 Å². The van der Waals surface area contributed by atoms with Crippen molar-refractivity contribution in [1.82, 2.24) is 5.32 Å². The van der Waals surface area contributed by atoms with Gasteiger partial charge in [0.15, 0.2) is 0 Å². The summed E-state index contributed by atoms with van der Waals surface area (Å²) in [6, 6.07) is 13.8. The molecule has 2 aromatic rings. The summed E-state index contributed by atoms with van der Waals surface area (Å²) in [6.45, 7) is 6.33. The number of carbonyl (C=O) groups is 1. The van der Waals surface area contributed by atoms with Gasteiger partial charge in [-0.2, -0.15) is 0 Å². The van der Waals surface area contributed by atoms with Crippen LogP contribution in [-0.4, -0.2) is 6.03 Å². The van der Waals surface area contributed by atoms with Crippen LogP contribution in [0.4, 0.5) is 10.5 Å². The molecule has 0 aliphatic carbocycles. The molecule has 0 aliphatic rings. The van der Waals surface area contributed by atoms with Gasteiger partial charge in [0, 0.05) is 8.95 Å². The maximum absolute atomic E-state index is 12.4. The summed E-state index contributed by atoms with van der Waals surface area (Å²) >= 11 is 7.10. The Morgan fingerprint density at radius 1 is 1.04 bits per heavy atom. The minimum absolute atomic E-state index is 0.0151. The van der Waals surface area contributed by atoms with Crippen LogP contribution in [0.25, 0.3) is 0 Å². The first kappa shape index (κ1) is 19.0. The molecule has 2 amide bonds. The maximum Gasteiger partial charge on any atom is 0.319 e. The number of benzene rings is 2. The van der Waals surface area contributed by atoms with E-state index >= 15 is 0 Å². The van der Waals surface area contributed by atoms with Crippen LogP contribution in [0.3, 0.4) is 0 Å². The first-order valence-corrected chi connectivity index (χ1v) is 9.62. The van der Waals surface area contributed by atoms with E-state index in [2.05, 4.69) is 63.3 Å². The van der Waals surface area contributed by atoms with Gasteiger partial charge in [0.05, 0.1) is 11.7 Å². The highest BCUT2D eigenvalue weighted by molar-refractivity contribution is 9.11. The van der Waals surface area contributed by atoms with Gasteiger partial charge in [0.1, 0.15) is 0 Å². The zero-order valence-electron chi connectivity index (χ0n) is 14.1. The number of amides is 2. The monoisotopic (exact) mass is 452 g/mol. The minimum Gasteiger partial charge on any atom is -0.331 e. The SMILES string of the molecule is CCC(NC(=O)Nc1c(Br)cc(C(C)C)cc1Br)c1ccccc1. The molecule has 0 saturated carbocycles. The molecule has 0 heterocycles. The van der Waals surface area contributed by atoms with Crippen molar-refractivity contribution < 1.29 is 4.79 Å². The predicted octanol–water partition coefficient (Wildman–Crippen LogP) is 6.61. The number of carbonyl (C=O) groups excluding carboxylic acids is 1. The molecule has 5 heteroatoms. The lowest BCUT2D eigenvalue weighted by Crippen LogP contribution is -2.32. The number of halogens is 2. The van der Waals surface area contributed by atoms with Crippen LogP contribution in [-0.2, 0) is 0 Å². The summed E-state index contributed by atoms with van der Waals surface area (Å²) in [5.41, 5.74) is 3.04. The Hall–Kier alpha value is -1.33. The smallest absolute Gasteiger partial charge is 0.319 e. The highest BCUT2D eigenvalue weighted by Gasteiger charge is 2.16. The number of hydrogen-bond acceptors (Lipinski definition) is 1. The molecule has 2 aromatic carbocycles. The third-order valence-corrected chi connectivity index (χ3v) is 5.14. The molecule has 1 atom stereocenters. The first-order valence-electron chi connectivity index (χ1n) is 8.03. The fraction of sp³-hybridized carbons (Fsp3) is 0.316. The minimum atomic E-state index is -0.218. The van der Waals surface area contributed by atoms with E-state index in [1.807, 2.05) is 42.5 Å². The molecular weight excluding hydrogens is 432 g/mol. The molecule has 2 rings (SSSR count). The Bertz CT molecular complexity index is 679. The summed E-state index contributed by atoms with van der Waals surface area (Å²) in [5, 5.41) is 5.97. The third kappa shape index (κ3) is 4.84. The second-order valence-corrected chi connectivity index (χ2v) is 7.69. The number of anilines is 1. The van der Waals surface area contributed by atoms with Gasteiger partial charge in [-0.1, -0.05) is 51.1 Å². The van der Waals surface area contributed by atoms with E-state index in [0.717, 1.165) is 26.6 Å². The molecule has 2 N–H and O–H groups in total. The Morgan fingerprint density at radius 2 is 1.62 bits per heavy atom. The van der Waals surface area contributed by atoms with Gasteiger partial charge in [-0.15, -0.1) is 0 Å². The number of nitrogens with one attached hydrogen (secondary N) is 2. The van der Waals surface area contributed by atoms with Crippen molar-refractivity contribution in [2.75, 3.05) is 5.32 Å². The molecule has 128 valence electrons. The van der Waals surface area contributed by atoms with Crippen molar-refractivity contribution in [3.63, 3.8) is 0 Å². The largest absolute Gasteiger partial charge is 0.331 e. The van der Waals surface area contributed by atoms with Crippen LogP contribution >= 0.6 is 31.9 Å². The van der Waals surface area contributed by atoms with Crippen LogP contribution in [0.15, 0.2) is 51.4 Å². The van der Waals surface area contributed by atoms with Crippen molar-refractivity contribution >= 4 is 43.6 Å². The fourth-order valence-electron chi connectivity index (χ4n) is 2.46. The molecule has 0 aliphatic heterocycles. The van der Waals surface area contributed by atoms with Crippen LogP contribution in [0.1, 0.15) is 50.3 Å². The van der Waals surface area contributed by atoms with Gasteiger partial charge in [-0.25, -0.2) is 4.79 Å². The van der Waals surface area contributed by atoms with E-state index in [1.54, 1.807) is 0 Å². The molecule has 3 nitrogen and oxygen atoms in total. The number of hydrogen-bond donors (Lipinski definition) is 2. The van der Waals surface area contributed by atoms with Gasteiger partial charge in [0.25, 0.3) is 0 Å². The quantitative estimate of drug-likeness (QED) is 0.525. The fourth-order valence-corrected chi connectivity index (χ4v) is 3.88. The Balaban J connectivity index is 2.12. The van der Waals surface area contributed by atoms with Crippen LogP contribution < -0.4 is 10.6 Å². The second-order valence-electron chi connectivity index (χ2n) is 5.98. The third-order valence-electron chi connectivity index (χ3n) is 3.89. The topological polar surface area (TPSA) is 41.1 Å². The highest BCUT2D eigenvalue weighted by atomic mass is 79.9. The molecule has 0 bridgehead atoms. The standard InChI is InChI=1S/C19H22Br2N2O/c1-4-17(13-8-6-5-7-9-13)22-19(24)23-18-15(20)10-14(12(2)3)11-16(18)21/h5-12,17H,4H2,1-3H3,(H2,22,23,24). The first-order chi connectivity index (χ1) is 11.4. The molecule has 0 radical (unpaired) electrons. The summed E-state index contributed by atoms with van der Waals surface area (Å²) < 4.78 is 1.73. The zero-order chi connectivity index (χ0) is 17.7. The van der Waals surface area contributed by atoms with E-state index in [1.165, 1.54) is 5.56 Å². The van der Waals surface area contributed by atoms with Crippen molar-refractivity contribution in [2.45, 2.75) is 39.2 Å². The molecule has 1 unspecified atom stereocenters. The summed E-state index contributed by atoms with van der Waals surface area (Å²) in [4.78, 5) is 12.4. The average Bonchev–Trinajstić information content (AvgIpc) is 2.56. The van der Waals surface area contributed by atoms with Crippen molar-refractivity contribution in [3.8, 4) is 0 Å². The van der Waals surface area contributed by atoms with Crippen LogP contribution in [0.2, 0.25) is 0 Å². The summed E-state index contributed by atoms with van der Waals surface area (Å²) in [5.74, 6) is 0.419. The van der Waals surface area contributed by atoms with Crippen LogP contribution in [0.5, 0.6) is 0 Å². The van der Waals surface area contributed by atoms with E-state index < -0.39 is 0 Å². The van der Waals surface area contributed by atoms with E-state index in [4.69, 9.17) is 0 Å². The molecular formula is C19H22Br2N2O. The molecule has 0 spiro atoms. The Kier molecular flexibility index (Phi) is 6.87. The normalized spacial score (nSPS) is 12.1. The maximum atomic E-state index is 12.4. The number of rotatable bonds is 5. The Labute approximate surface area is 160 Å². The average molecular weight is 454 g/mol. The van der Waals surface area contributed by atoms with E-state index in [0.29, 0.717) is 5.92 Å². The molecule has 0 saturated heterocycles.